The molecule has 2 rings (SSSR count). The fraction of sp³-hybridized carbons (Fsp3) is 0.722. The lowest BCUT2D eigenvalue weighted by Crippen LogP contribution is -2.26. The summed E-state index contributed by atoms with van der Waals surface area (Å²) < 4.78 is 6.09. The molecule has 118 valence electrons. The molecule has 1 aromatic rings. The van der Waals surface area contributed by atoms with Gasteiger partial charge in [0.05, 0.1) is 24.1 Å². The molecule has 3 heteroatoms. The van der Waals surface area contributed by atoms with Gasteiger partial charge in [-0.25, -0.2) is 0 Å². The van der Waals surface area contributed by atoms with Crippen LogP contribution in [0.2, 0.25) is 0 Å². The Morgan fingerprint density at radius 3 is 2.76 bits per heavy atom. The first-order chi connectivity index (χ1) is 10.2. The molecule has 1 heterocycles. The van der Waals surface area contributed by atoms with Gasteiger partial charge in [-0.05, 0) is 56.2 Å². The van der Waals surface area contributed by atoms with E-state index in [2.05, 4.69) is 49.3 Å². The van der Waals surface area contributed by atoms with Gasteiger partial charge < -0.3 is 10.1 Å². The average molecular weight is 290 g/mol. The lowest BCUT2D eigenvalue weighted by atomic mass is 9.80. The van der Waals surface area contributed by atoms with E-state index in [0.29, 0.717) is 12.7 Å². The Kier molecular flexibility index (Phi) is 6.65. The highest BCUT2D eigenvalue weighted by atomic mass is 16.5. The van der Waals surface area contributed by atoms with Crippen molar-refractivity contribution in [3.05, 3.63) is 29.6 Å². The molecule has 3 nitrogen and oxygen atoms in total. The van der Waals surface area contributed by atoms with Crippen LogP contribution < -0.4 is 5.32 Å². The molecule has 1 saturated carbocycles. The molecule has 1 aromatic heterocycles. The average Bonchev–Trinajstić information content (AvgIpc) is 2.49. The van der Waals surface area contributed by atoms with E-state index < -0.39 is 0 Å². The first kappa shape index (κ1) is 16.4. The smallest absolute Gasteiger partial charge is 0.0891 e. The minimum absolute atomic E-state index is 0.417. The Balaban J connectivity index is 1.79. The highest BCUT2D eigenvalue weighted by Gasteiger charge is 2.24. The van der Waals surface area contributed by atoms with Gasteiger partial charge in [-0.2, -0.15) is 0 Å². The summed E-state index contributed by atoms with van der Waals surface area (Å²) in [6.07, 6.45) is 5.25. The second kappa shape index (κ2) is 8.50. The molecule has 21 heavy (non-hydrogen) atoms. The van der Waals surface area contributed by atoms with Crippen molar-refractivity contribution in [2.45, 2.75) is 65.7 Å². The Morgan fingerprint density at radius 1 is 1.19 bits per heavy atom. The number of rotatable bonds is 7. The van der Waals surface area contributed by atoms with Gasteiger partial charge in [0, 0.05) is 6.54 Å². The van der Waals surface area contributed by atoms with Crippen LogP contribution in [0.25, 0.3) is 0 Å². The molecule has 3 unspecified atom stereocenters. The van der Waals surface area contributed by atoms with Gasteiger partial charge in [0.15, 0.2) is 0 Å². The zero-order valence-corrected chi connectivity index (χ0v) is 13.8. The van der Waals surface area contributed by atoms with Gasteiger partial charge in [0.2, 0.25) is 0 Å². The van der Waals surface area contributed by atoms with Gasteiger partial charge in [-0.1, -0.05) is 26.8 Å². The van der Waals surface area contributed by atoms with Crippen molar-refractivity contribution in [1.29, 1.82) is 0 Å². The van der Waals surface area contributed by atoms with Crippen molar-refractivity contribution in [2.75, 3.05) is 6.54 Å². The third kappa shape index (κ3) is 5.40. The zero-order chi connectivity index (χ0) is 15.1. The monoisotopic (exact) mass is 290 g/mol. The van der Waals surface area contributed by atoms with Crippen LogP contribution in [0.4, 0.5) is 0 Å². The second-order valence-electron chi connectivity index (χ2n) is 6.50. The molecule has 1 N–H and O–H groups in total. The number of aromatic nitrogens is 1. The normalized spacial score (nSPS) is 26.0. The van der Waals surface area contributed by atoms with E-state index in [4.69, 9.17) is 4.74 Å². The standard InChI is InChI=1S/C18H30N2O/c1-4-10-19-12-16-6-5-7-17(20-16)13-21-18-9-8-14(2)15(3)11-18/h5-7,14-15,18-19H,4,8-13H2,1-3H3. The van der Waals surface area contributed by atoms with E-state index in [1.165, 1.54) is 19.3 Å². The van der Waals surface area contributed by atoms with Crippen molar-refractivity contribution in [1.82, 2.24) is 10.3 Å². The zero-order valence-electron chi connectivity index (χ0n) is 13.8. The summed E-state index contributed by atoms with van der Waals surface area (Å²) in [5, 5.41) is 3.39. The summed E-state index contributed by atoms with van der Waals surface area (Å²) in [6, 6.07) is 6.23. The van der Waals surface area contributed by atoms with E-state index in [-0.39, 0.29) is 0 Å². The van der Waals surface area contributed by atoms with E-state index in [0.717, 1.165) is 42.7 Å². The van der Waals surface area contributed by atoms with E-state index in [9.17, 15) is 0 Å². The largest absolute Gasteiger partial charge is 0.372 e. The molecule has 1 aliphatic rings. The van der Waals surface area contributed by atoms with Crippen LogP contribution in [0.15, 0.2) is 18.2 Å². The van der Waals surface area contributed by atoms with E-state index in [1.807, 2.05) is 0 Å². The Hall–Kier alpha value is -0.930. The predicted molar refractivity (Wildman–Crippen MR) is 87.0 cm³/mol. The number of hydrogen-bond acceptors (Lipinski definition) is 3. The highest BCUT2D eigenvalue weighted by Crippen LogP contribution is 2.31. The molecule has 0 bridgehead atoms. The van der Waals surface area contributed by atoms with Crippen LogP contribution in [0.1, 0.15) is 57.8 Å². The second-order valence-corrected chi connectivity index (χ2v) is 6.50. The summed E-state index contributed by atoms with van der Waals surface area (Å²) in [7, 11) is 0. The minimum atomic E-state index is 0.417. The van der Waals surface area contributed by atoms with Crippen molar-refractivity contribution in [2.24, 2.45) is 11.8 Å². The van der Waals surface area contributed by atoms with Crippen molar-refractivity contribution in [3.8, 4) is 0 Å². The van der Waals surface area contributed by atoms with Crippen LogP contribution >= 0.6 is 0 Å². The van der Waals surface area contributed by atoms with E-state index >= 15 is 0 Å². The SMILES string of the molecule is CCCNCc1cccc(COC2CCC(C)C(C)C2)n1. The van der Waals surface area contributed by atoms with Gasteiger partial charge in [-0.15, -0.1) is 0 Å². The molecule has 3 atom stereocenters. The van der Waals surface area contributed by atoms with Crippen molar-refractivity contribution < 1.29 is 4.74 Å². The number of hydrogen-bond donors (Lipinski definition) is 1. The maximum atomic E-state index is 6.09. The first-order valence-electron chi connectivity index (χ1n) is 8.46. The lowest BCUT2D eigenvalue weighted by Gasteiger charge is -2.31. The molecule has 0 radical (unpaired) electrons. The quantitative estimate of drug-likeness (QED) is 0.773. The Labute approximate surface area is 129 Å². The van der Waals surface area contributed by atoms with Crippen molar-refractivity contribution in [3.63, 3.8) is 0 Å². The summed E-state index contributed by atoms with van der Waals surface area (Å²) in [4.78, 5) is 4.68. The summed E-state index contributed by atoms with van der Waals surface area (Å²) >= 11 is 0. The van der Waals surface area contributed by atoms with Crippen LogP contribution in [0, 0.1) is 11.8 Å². The molecule has 0 amide bonds. The minimum Gasteiger partial charge on any atom is -0.372 e. The van der Waals surface area contributed by atoms with Crippen LogP contribution in [0.5, 0.6) is 0 Å². The summed E-state index contributed by atoms with van der Waals surface area (Å²) in [5.41, 5.74) is 2.16. The fourth-order valence-corrected chi connectivity index (χ4v) is 2.95. The molecule has 1 fully saturated rings. The molecular formula is C18H30N2O. The maximum absolute atomic E-state index is 6.09. The Bertz CT molecular complexity index is 421. The highest BCUT2D eigenvalue weighted by molar-refractivity contribution is 5.10. The molecule has 0 aromatic carbocycles. The molecule has 0 aliphatic heterocycles. The van der Waals surface area contributed by atoms with E-state index in [1.54, 1.807) is 0 Å². The summed E-state index contributed by atoms with van der Waals surface area (Å²) in [5.74, 6) is 1.62. The van der Waals surface area contributed by atoms with Crippen LogP contribution in [0.3, 0.4) is 0 Å². The van der Waals surface area contributed by atoms with Gasteiger partial charge >= 0.3 is 0 Å². The molecule has 0 saturated heterocycles. The maximum Gasteiger partial charge on any atom is 0.0891 e. The topological polar surface area (TPSA) is 34.1 Å². The van der Waals surface area contributed by atoms with Gasteiger partial charge in [0.25, 0.3) is 0 Å². The third-order valence-electron chi connectivity index (χ3n) is 4.61. The number of pyridine rings is 1. The van der Waals surface area contributed by atoms with Crippen LogP contribution in [-0.4, -0.2) is 17.6 Å². The first-order valence-corrected chi connectivity index (χ1v) is 8.46. The van der Waals surface area contributed by atoms with Gasteiger partial charge in [0.1, 0.15) is 0 Å². The third-order valence-corrected chi connectivity index (χ3v) is 4.61. The molecule has 1 aliphatic carbocycles. The Morgan fingerprint density at radius 2 is 2.00 bits per heavy atom. The number of nitrogens with one attached hydrogen (secondary N) is 1. The fourth-order valence-electron chi connectivity index (χ4n) is 2.95. The van der Waals surface area contributed by atoms with Crippen LogP contribution in [-0.2, 0) is 17.9 Å². The van der Waals surface area contributed by atoms with Gasteiger partial charge in [-0.3, -0.25) is 4.98 Å². The molecular weight excluding hydrogens is 260 g/mol. The molecule has 0 spiro atoms. The van der Waals surface area contributed by atoms with Crippen molar-refractivity contribution >= 4 is 0 Å². The lowest BCUT2D eigenvalue weighted by molar-refractivity contribution is -0.00881. The number of nitrogens with zero attached hydrogens (tertiary/aromatic N) is 1. The predicted octanol–water partition coefficient (Wildman–Crippen LogP) is 3.92. The number of ether oxygens (including phenoxy) is 1. The summed E-state index contributed by atoms with van der Waals surface area (Å²) in [6.45, 7) is 9.41.